The van der Waals surface area contributed by atoms with Crippen molar-refractivity contribution in [2.75, 3.05) is 19.6 Å². The summed E-state index contributed by atoms with van der Waals surface area (Å²) in [5.74, 6) is 0.472. The summed E-state index contributed by atoms with van der Waals surface area (Å²) in [5, 5.41) is 0. The van der Waals surface area contributed by atoms with Crippen molar-refractivity contribution in [1.29, 1.82) is 0 Å². The number of carbonyl (C=O) groups is 2. The van der Waals surface area contributed by atoms with Gasteiger partial charge in [0.15, 0.2) is 5.88 Å². The average Bonchev–Trinajstić information content (AvgIpc) is 3.21. The number of halogens is 1. The summed E-state index contributed by atoms with van der Waals surface area (Å²) < 4.78 is 22.9. The molecule has 1 aliphatic rings. The number of carbonyl (C=O) groups excluding carboxylic acids is 2. The molecule has 204 valence electrons. The number of amides is 1. The Hall–Kier alpha value is -3.26. The van der Waals surface area contributed by atoms with Crippen LogP contribution in [0.5, 0.6) is 5.88 Å². The van der Waals surface area contributed by atoms with Crippen LogP contribution in [0, 0.1) is 18.7 Å². The lowest BCUT2D eigenvalue weighted by Crippen LogP contribution is -2.59. The van der Waals surface area contributed by atoms with Crippen LogP contribution in [-0.2, 0) is 4.79 Å². The lowest BCUT2D eigenvalue weighted by molar-refractivity contribution is -0.108. The molecule has 1 aromatic carbocycles. The molecule has 1 aliphatic heterocycles. The molecule has 1 atom stereocenters. The molecule has 1 saturated heterocycles. The number of nitrogens with zero attached hydrogens (tertiary/aromatic N) is 4. The van der Waals surface area contributed by atoms with Gasteiger partial charge in [-0.1, -0.05) is 19.9 Å². The minimum absolute atomic E-state index is 0.0110. The third-order valence-corrected chi connectivity index (χ3v) is 7.53. The van der Waals surface area contributed by atoms with Crippen molar-refractivity contribution >= 4 is 17.7 Å². The van der Waals surface area contributed by atoms with Crippen molar-refractivity contribution in [2.24, 2.45) is 5.92 Å². The van der Waals surface area contributed by atoms with E-state index in [1.165, 1.54) is 12.1 Å². The number of fused-ring (bicyclic) bond motifs is 1. The first-order valence-electron chi connectivity index (χ1n) is 13.6. The second-order valence-corrected chi connectivity index (χ2v) is 10.8. The van der Waals surface area contributed by atoms with Crippen molar-refractivity contribution in [3.05, 3.63) is 53.7 Å². The number of aromatic nitrogens is 2. The fraction of sp³-hybridized carbons (Fsp3) is 0.500. The van der Waals surface area contributed by atoms with E-state index in [-0.39, 0.29) is 18.1 Å². The number of ether oxygens (including phenoxy) is 1. The highest BCUT2D eigenvalue weighted by Gasteiger charge is 2.35. The van der Waals surface area contributed by atoms with E-state index in [1.54, 1.807) is 23.4 Å². The van der Waals surface area contributed by atoms with Gasteiger partial charge in [-0.2, -0.15) is 0 Å². The van der Waals surface area contributed by atoms with Crippen LogP contribution >= 0.6 is 0 Å². The van der Waals surface area contributed by atoms with Gasteiger partial charge in [-0.05, 0) is 57.7 Å². The van der Waals surface area contributed by atoms with Gasteiger partial charge in [-0.25, -0.2) is 4.39 Å². The Morgan fingerprint density at radius 1 is 1.18 bits per heavy atom. The molecule has 0 aliphatic carbocycles. The standard InChI is InChI=1S/C30H39FN4O3/c1-7-34(20(4)5)30(37)26-13-22(31)10-11-24(26)25-14-29(35-21(6)15-32-16-28(25)35)38-23-17-33(18-23)27(19(2)3)9-8-12-36/h10-16,19-20,23,27H,7-9,17-18H2,1-6H3. The lowest BCUT2D eigenvalue weighted by atomic mass is 9.94. The van der Waals surface area contributed by atoms with Gasteiger partial charge < -0.3 is 14.4 Å². The fourth-order valence-corrected chi connectivity index (χ4v) is 5.56. The summed E-state index contributed by atoms with van der Waals surface area (Å²) in [4.78, 5) is 32.9. The zero-order valence-corrected chi connectivity index (χ0v) is 23.3. The highest BCUT2D eigenvalue weighted by atomic mass is 19.1. The van der Waals surface area contributed by atoms with Gasteiger partial charge in [0.05, 0.1) is 17.3 Å². The second-order valence-electron chi connectivity index (χ2n) is 10.8. The molecular formula is C30H39FN4O3. The van der Waals surface area contributed by atoms with E-state index in [2.05, 4.69) is 23.7 Å². The Bertz CT molecular complexity index is 1300. The van der Waals surface area contributed by atoms with Crippen molar-refractivity contribution in [1.82, 2.24) is 19.2 Å². The van der Waals surface area contributed by atoms with Crippen molar-refractivity contribution in [3.63, 3.8) is 0 Å². The van der Waals surface area contributed by atoms with E-state index in [9.17, 15) is 14.0 Å². The quantitative estimate of drug-likeness (QED) is 0.316. The van der Waals surface area contributed by atoms with Crippen LogP contribution in [-0.4, -0.2) is 69.2 Å². The topological polar surface area (TPSA) is 67.2 Å². The van der Waals surface area contributed by atoms with Gasteiger partial charge in [-0.15, -0.1) is 0 Å². The van der Waals surface area contributed by atoms with E-state index in [0.29, 0.717) is 41.9 Å². The fourth-order valence-electron chi connectivity index (χ4n) is 5.56. The molecule has 0 spiro atoms. The normalized spacial score (nSPS) is 15.2. The van der Waals surface area contributed by atoms with Gasteiger partial charge in [0.25, 0.3) is 5.91 Å². The first-order chi connectivity index (χ1) is 18.2. The molecule has 7 nitrogen and oxygen atoms in total. The molecule has 38 heavy (non-hydrogen) atoms. The van der Waals surface area contributed by atoms with Gasteiger partial charge in [0.1, 0.15) is 18.2 Å². The Morgan fingerprint density at radius 2 is 1.92 bits per heavy atom. The highest BCUT2D eigenvalue weighted by Crippen LogP contribution is 2.36. The minimum Gasteiger partial charge on any atom is -0.473 e. The van der Waals surface area contributed by atoms with Crippen LogP contribution < -0.4 is 4.74 Å². The first kappa shape index (κ1) is 27.8. The molecule has 2 aromatic heterocycles. The minimum atomic E-state index is -0.449. The average molecular weight is 523 g/mol. The van der Waals surface area contributed by atoms with Crippen molar-refractivity contribution in [2.45, 2.75) is 72.6 Å². The summed E-state index contributed by atoms with van der Waals surface area (Å²) in [5.41, 5.74) is 3.46. The Morgan fingerprint density at radius 3 is 2.55 bits per heavy atom. The van der Waals surface area contributed by atoms with Gasteiger partial charge >= 0.3 is 0 Å². The summed E-state index contributed by atoms with van der Waals surface area (Å²) in [6, 6.07) is 6.66. The molecule has 4 rings (SSSR count). The summed E-state index contributed by atoms with van der Waals surface area (Å²) in [6.45, 7) is 14.3. The summed E-state index contributed by atoms with van der Waals surface area (Å²) in [6.07, 6.45) is 5.95. The predicted molar refractivity (Wildman–Crippen MR) is 147 cm³/mol. The molecule has 3 aromatic rings. The molecule has 8 heteroatoms. The molecule has 0 radical (unpaired) electrons. The maximum atomic E-state index is 14.4. The van der Waals surface area contributed by atoms with E-state index >= 15 is 0 Å². The number of aryl methyl sites for hydroxylation is 1. The molecule has 1 amide bonds. The lowest BCUT2D eigenvalue weighted by Gasteiger charge is -2.45. The zero-order chi connectivity index (χ0) is 27.6. The molecule has 3 heterocycles. The monoisotopic (exact) mass is 522 g/mol. The van der Waals surface area contributed by atoms with Crippen LogP contribution in [0.1, 0.15) is 63.5 Å². The molecule has 0 bridgehead atoms. The van der Waals surface area contributed by atoms with Crippen LogP contribution in [0.3, 0.4) is 0 Å². The van der Waals surface area contributed by atoms with Crippen LogP contribution in [0.2, 0.25) is 0 Å². The third-order valence-electron chi connectivity index (χ3n) is 7.53. The molecule has 0 saturated carbocycles. The van der Waals surface area contributed by atoms with Crippen LogP contribution in [0.4, 0.5) is 4.39 Å². The van der Waals surface area contributed by atoms with Crippen LogP contribution in [0.15, 0.2) is 36.7 Å². The maximum absolute atomic E-state index is 14.4. The Labute approximate surface area is 224 Å². The highest BCUT2D eigenvalue weighted by molar-refractivity contribution is 6.03. The van der Waals surface area contributed by atoms with Gasteiger partial charge in [0, 0.05) is 61.7 Å². The number of aldehydes is 1. The first-order valence-corrected chi connectivity index (χ1v) is 13.6. The maximum Gasteiger partial charge on any atom is 0.254 e. The SMILES string of the molecule is CCN(C(=O)c1cc(F)ccc1-c1cc(OC2CN(C(CCC=O)C(C)C)C2)n2c(C)cncc12)C(C)C. The number of hydrogen-bond acceptors (Lipinski definition) is 5. The van der Waals surface area contributed by atoms with Crippen molar-refractivity contribution in [3.8, 4) is 17.0 Å². The molecule has 1 unspecified atom stereocenters. The van der Waals surface area contributed by atoms with E-state index in [4.69, 9.17) is 4.74 Å². The van der Waals surface area contributed by atoms with Crippen LogP contribution in [0.25, 0.3) is 16.6 Å². The van der Waals surface area contributed by atoms with Crippen molar-refractivity contribution < 1.29 is 18.7 Å². The molecule has 0 N–H and O–H groups in total. The third kappa shape index (κ3) is 5.46. The van der Waals surface area contributed by atoms with E-state index in [1.807, 2.05) is 38.2 Å². The Kier molecular flexibility index (Phi) is 8.51. The largest absolute Gasteiger partial charge is 0.473 e. The van der Waals surface area contributed by atoms with Gasteiger partial charge in [-0.3, -0.25) is 19.1 Å². The predicted octanol–water partition coefficient (Wildman–Crippen LogP) is 5.39. The smallest absolute Gasteiger partial charge is 0.254 e. The zero-order valence-electron chi connectivity index (χ0n) is 23.3. The summed E-state index contributed by atoms with van der Waals surface area (Å²) >= 11 is 0. The second kappa shape index (κ2) is 11.6. The van der Waals surface area contributed by atoms with Gasteiger partial charge in [0.2, 0.25) is 0 Å². The molecular weight excluding hydrogens is 483 g/mol. The summed E-state index contributed by atoms with van der Waals surface area (Å²) in [7, 11) is 0. The number of benzene rings is 1. The molecule has 1 fully saturated rings. The number of hydrogen-bond donors (Lipinski definition) is 0. The Balaban J connectivity index is 1.68. The number of likely N-dealkylation sites (tertiary alicyclic amines) is 1. The number of rotatable bonds is 11. The van der Waals surface area contributed by atoms with E-state index < -0.39 is 5.82 Å². The van der Waals surface area contributed by atoms with E-state index in [0.717, 1.165) is 42.6 Å².